The number of hydrogen-bond donors (Lipinski definition) is 9. The lowest BCUT2D eigenvalue weighted by Crippen LogP contribution is -2.65. The summed E-state index contributed by atoms with van der Waals surface area (Å²) >= 11 is 0. The number of amides is 1. The predicted molar refractivity (Wildman–Crippen MR) is 328 cm³/mol. The van der Waals surface area contributed by atoms with Gasteiger partial charge in [-0.2, -0.15) is 0 Å². The van der Waals surface area contributed by atoms with Crippen molar-refractivity contribution in [3.63, 3.8) is 0 Å². The summed E-state index contributed by atoms with van der Waals surface area (Å²) in [5, 5.41) is 87.3. The van der Waals surface area contributed by atoms with E-state index in [9.17, 15) is 45.6 Å². The molecule has 14 heteroatoms. The smallest absolute Gasteiger partial charge is 0.220 e. The van der Waals surface area contributed by atoms with Gasteiger partial charge in [-0.15, -0.1) is 0 Å². The number of aliphatic hydroxyl groups excluding tert-OH is 8. The van der Waals surface area contributed by atoms with Gasteiger partial charge >= 0.3 is 0 Å². The number of aliphatic hydroxyl groups is 8. The molecule has 0 radical (unpaired) electrons. The highest BCUT2D eigenvalue weighted by atomic mass is 16.7. The number of carbonyl (C=O) groups is 1. The molecular formula is C67H125NO13. The molecule has 2 rings (SSSR count). The maximum absolute atomic E-state index is 13.3. The molecular weight excluding hydrogens is 1030 g/mol. The van der Waals surface area contributed by atoms with Gasteiger partial charge in [-0.25, -0.2) is 0 Å². The van der Waals surface area contributed by atoms with Crippen LogP contribution in [0.4, 0.5) is 0 Å². The van der Waals surface area contributed by atoms with Gasteiger partial charge in [-0.1, -0.05) is 262 Å². The van der Waals surface area contributed by atoms with E-state index in [4.69, 9.17) is 18.9 Å². The summed E-state index contributed by atoms with van der Waals surface area (Å²) < 4.78 is 22.8. The normalized spacial score (nSPS) is 24.3. The third-order valence-corrected chi connectivity index (χ3v) is 16.5. The Morgan fingerprint density at radius 3 is 1.21 bits per heavy atom. The highest BCUT2D eigenvalue weighted by Gasteiger charge is 2.51. The SMILES string of the molecule is CCCCCCCC/C=C\CCCCCCCCCC(=O)NC(COC1OC(CO)C(OC2OC(CO)C(O)C(O)C2O)C(O)C1O)C(O)/C=C/CC/C=C/CCCCCCCCCCCCCCCCCCCCCCCCCC. The number of rotatable bonds is 55. The number of hydrogen-bond acceptors (Lipinski definition) is 13. The molecule has 0 bridgehead atoms. The Labute approximate surface area is 493 Å². The molecule has 2 saturated heterocycles. The third-order valence-electron chi connectivity index (χ3n) is 16.5. The fourth-order valence-electron chi connectivity index (χ4n) is 11.1. The van der Waals surface area contributed by atoms with Crippen LogP contribution in [0.1, 0.15) is 290 Å². The highest BCUT2D eigenvalue weighted by Crippen LogP contribution is 2.30. The summed E-state index contributed by atoms with van der Waals surface area (Å²) in [5.74, 6) is -0.251. The van der Waals surface area contributed by atoms with Gasteiger partial charge in [0, 0.05) is 6.42 Å². The van der Waals surface area contributed by atoms with Crippen LogP contribution in [0.15, 0.2) is 36.5 Å². The van der Waals surface area contributed by atoms with Crippen LogP contribution in [0.3, 0.4) is 0 Å². The van der Waals surface area contributed by atoms with E-state index in [2.05, 4.69) is 43.5 Å². The average Bonchev–Trinajstić information content (AvgIpc) is 3.47. The Balaban J connectivity index is 1.70. The molecule has 14 nitrogen and oxygen atoms in total. The van der Waals surface area contributed by atoms with Crippen molar-refractivity contribution in [1.82, 2.24) is 5.32 Å². The zero-order valence-corrected chi connectivity index (χ0v) is 51.5. The summed E-state index contributed by atoms with van der Waals surface area (Å²) in [6, 6.07) is -0.934. The van der Waals surface area contributed by atoms with Crippen LogP contribution in [-0.2, 0) is 23.7 Å². The number of ether oxygens (including phenoxy) is 4. The fraction of sp³-hybridized carbons (Fsp3) is 0.896. The van der Waals surface area contributed by atoms with Crippen LogP contribution < -0.4 is 5.32 Å². The van der Waals surface area contributed by atoms with Gasteiger partial charge in [0.2, 0.25) is 5.91 Å². The van der Waals surface area contributed by atoms with E-state index in [-0.39, 0.29) is 18.9 Å². The van der Waals surface area contributed by atoms with E-state index < -0.39 is 86.8 Å². The molecule has 476 valence electrons. The first kappa shape index (κ1) is 75.3. The van der Waals surface area contributed by atoms with Gasteiger partial charge in [0.05, 0.1) is 32.0 Å². The molecule has 12 atom stereocenters. The van der Waals surface area contributed by atoms with Crippen LogP contribution in [0.25, 0.3) is 0 Å². The molecule has 2 aliphatic rings. The lowest BCUT2D eigenvalue weighted by molar-refractivity contribution is -0.359. The van der Waals surface area contributed by atoms with Crippen molar-refractivity contribution in [3.8, 4) is 0 Å². The Bertz CT molecular complexity index is 1500. The molecule has 9 N–H and O–H groups in total. The predicted octanol–water partition coefficient (Wildman–Crippen LogP) is 13.0. The Hall–Kier alpha value is -1.79. The summed E-state index contributed by atoms with van der Waals surface area (Å²) in [7, 11) is 0. The van der Waals surface area contributed by atoms with Crippen molar-refractivity contribution in [1.29, 1.82) is 0 Å². The van der Waals surface area contributed by atoms with E-state index in [1.807, 2.05) is 6.08 Å². The first-order valence-electron chi connectivity index (χ1n) is 33.7. The molecule has 0 aromatic carbocycles. The Morgan fingerprint density at radius 1 is 0.432 bits per heavy atom. The molecule has 0 saturated carbocycles. The monoisotopic (exact) mass is 1150 g/mol. The molecule has 0 spiro atoms. The first-order valence-corrected chi connectivity index (χ1v) is 33.7. The summed E-state index contributed by atoms with van der Waals surface area (Å²) in [6.45, 7) is 2.81. The average molecular weight is 1150 g/mol. The topological polar surface area (TPSA) is 228 Å². The standard InChI is InChI=1S/C67H125NO13/c1-3-5-7-9-11-13-15-17-19-21-22-23-24-25-26-27-28-29-30-31-32-33-35-36-38-40-42-44-46-48-50-56(71)55(68-59(72)51-49-47-45-43-41-39-37-34-20-18-16-14-12-10-8-6-4-2)54-78-66-64(77)62(75)65(58(53-70)80-66)81-67-63(76)61(74)60(73)57(52-69)79-67/h18,20,40,42,48,50,55-58,60-67,69-71,73-77H,3-17,19,21-39,41,43-47,49,51-54H2,1-2H3,(H,68,72)/b20-18-,42-40+,50-48+. The lowest BCUT2D eigenvalue weighted by Gasteiger charge is -2.46. The fourth-order valence-corrected chi connectivity index (χ4v) is 11.1. The van der Waals surface area contributed by atoms with Gasteiger partial charge in [-0.3, -0.25) is 4.79 Å². The lowest BCUT2D eigenvalue weighted by atomic mass is 9.97. The van der Waals surface area contributed by atoms with E-state index in [1.54, 1.807) is 6.08 Å². The highest BCUT2D eigenvalue weighted by molar-refractivity contribution is 5.76. The first-order chi connectivity index (χ1) is 39.6. The zero-order valence-electron chi connectivity index (χ0n) is 51.5. The van der Waals surface area contributed by atoms with Gasteiger partial charge in [0.1, 0.15) is 48.8 Å². The maximum atomic E-state index is 13.3. The second-order valence-corrected chi connectivity index (χ2v) is 23.9. The number of unbranched alkanes of at least 4 members (excludes halogenated alkanes) is 38. The van der Waals surface area contributed by atoms with Gasteiger partial charge in [-0.05, 0) is 57.8 Å². The molecule has 2 heterocycles. The Kier molecular flexibility index (Phi) is 48.8. The molecule has 12 unspecified atom stereocenters. The van der Waals surface area contributed by atoms with Crippen molar-refractivity contribution in [3.05, 3.63) is 36.5 Å². The van der Waals surface area contributed by atoms with Gasteiger partial charge < -0.3 is 65.1 Å². The van der Waals surface area contributed by atoms with Crippen LogP contribution in [0.2, 0.25) is 0 Å². The van der Waals surface area contributed by atoms with Crippen LogP contribution in [0, 0.1) is 0 Å². The Morgan fingerprint density at radius 2 is 0.790 bits per heavy atom. The van der Waals surface area contributed by atoms with Crippen LogP contribution >= 0.6 is 0 Å². The van der Waals surface area contributed by atoms with E-state index >= 15 is 0 Å². The maximum Gasteiger partial charge on any atom is 0.220 e. The minimum Gasteiger partial charge on any atom is -0.394 e. The molecule has 0 aromatic heterocycles. The molecule has 0 aliphatic carbocycles. The van der Waals surface area contributed by atoms with Crippen molar-refractivity contribution in [2.24, 2.45) is 0 Å². The minimum atomic E-state index is -1.79. The largest absolute Gasteiger partial charge is 0.394 e. The minimum absolute atomic E-state index is 0.251. The molecule has 1 amide bonds. The third kappa shape index (κ3) is 37.4. The van der Waals surface area contributed by atoms with Crippen molar-refractivity contribution < 1.29 is 64.6 Å². The molecule has 81 heavy (non-hydrogen) atoms. The van der Waals surface area contributed by atoms with Crippen molar-refractivity contribution >= 4 is 5.91 Å². The molecule has 2 aliphatic heterocycles. The number of carbonyl (C=O) groups excluding carboxylic acids is 1. The number of allylic oxidation sites excluding steroid dienone is 5. The number of nitrogens with one attached hydrogen (secondary N) is 1. The second-order valence-electron chi connectivity index (χ2n) is 23.9. The van der Waals surface area contributed by atoms with Crippen LogP contribution in [0.5, 0.6) is 0 Å². The quantitative estimate of drug-likeness (QED) is 0.0204. The van der Waals surface area contributed by atoms with E-state index in [0.717, 1.165) is 38.5 Å². The van der Waals surface area contributed by atoms with Gasteiger partial charge in [0.25, 0.3) is 0 Å². The van der Waals surface area contributed by atoms with Gasteiger partial charge in [0.15, 0.2) is 12.6 Å². The second kappa shape index (κ2) is 52.5. The van der Waals surface area contributed by atoms with Crippen molar-refractivity contribution in [2.75, 3.05) is 19.8 Å². The summed E-state index contributed by atoms with van der Waals surface area (Å²) in [6.07, 6.45) is 49.2. The van der Waals surface area contributed by atoms with E-state index in [0.29, 0.717) is 12.8 Å². The van der Waals surface area contributed by atoms with E-state index in [1.165, 1.54) is 218 Å². The zero-order chi connectivity index (χ0) is 58.8. The van der Waals surface area contributed by atoms with Crippen molar-refractivity contribution in [2.45, 2.75) is 364 Å². The molecule has 0 aromatic rings. The summed E-state index contributed by atoms with van der Waals surface area (Å²) in [4.78, 5) is 13.3. The molecule has 2 fully saturated rings. The van der Waals surface area contributed by atoms with Crippen LogP contribution in [-0.4, -0.2) is 140 Å². The summed E-state index contributed by atoms with van der Waals surface area (Å²) in [5.41, 5.74) is 0.